The maximum atomic E-state index is 13.1. The van der Waals surface area contributed by atoms with Gasteiger partial charge in [0.25, 0.3) is 0 Å². The molecule has 3 rings (SSSR count). The van der Waals surface area contributed by atoms with Crippen LogP contribution >= 0.6 is 0 Å². The van der Waals surface area contributed by atoms with Crippen molar-refractivity contribution in [3.8, 4) is 0 Å². The van der Waals surface area contributed by atoms with E-state index >= 15 is 0 Å². The lowest BCUT2D eigenvalue weighted by atomic mass is 9.93. The Morgan fingerprint density at radius 3 is 2.56 bits per heavy atom. The molecular formula is C20H23FN2O3S. The monoisotopic (exact) mass is 390 g/mol. The highest BCUT2D eigenvalue weighted by atomic mass is 32.2. The molecule has 1 N–H and O–H groups in total. The lowest BCUT2D eigenvalue weighted by molar-refractivity contribution is -0.116. The van der Waals surface area contributed by atoms with E-state index in [0.29, 0.717) is 24.3 Å². The van der Waals surface area contributed by atoms with Crippen molar-refractivity contribution in [1.82, 2.24) is 0 Å². The minimum absolute atomic E-state index is 0.00690. The van der Waals surface area contributed by atoms with Crippen molar-refractivity contribution in [3.63, 3.8) is 0 Å². The van der Waals surface area contributed by atoms with Gasteiger partial charge in [0.2, 0.25) is 15.9 Å². The average Bonchev–Trinajstić information content (AvgIpc) is 3.04. The van der Waals surface area contributed by atoms with Crippen LogP contribution in [-0.2, 0) is 21.2 Å². The molecule has 1 heterocycles. The summed E-state index contributed by atoms with van der Waals surface area (Å²) in [6.07, 6.45) is 2.88. The first-order valence-corrected chi connectivity index (χ1v) is 10.8. The van der Waals surface area contributed by atoms with Crippen molar-refractivity contribution in [2.24, 2.45) is 0 Å². The Morgan fingerprint density at radius 2 is 1.93 bits per heavy atom. The number of fused-ring (bicyclic) bond motifs is 1. The Morgan fingerprint density at radius 1 is 1.22 bits per heavy atom. The van der Waals surface area contributed by atoms with E-state index in [1.807, 2.05) is 13.0 Å². The molecule has 0 saturated heterocycles. The van der Waals surface area contributed by atoms with Gasteiger partial charge in [-0.05, 0) is 54.2 Å². The zero-order chi connectivity index (χ0) is 19.6. The van der Waals surface area contributed by atoms with Crippen LogP contribution in [0.5, 0.6) is 0 Å². The summed E-state index contributed by atoms with van der Waals surface area (Å²) in [5.74, 6) is -0.464. The van der Waals surface area contributed by atoms with E-state index in [1.54, 1.807) is 24.3 Å². The van der Waals surface area contributed by atoms with Gasteiger partial charge in [0.15, 0.2) is 0 Å². The highest BCUT2D eigenvalue weighted by Crippen LogP contribution is 2.33. The first-order valence-electron chi connectivity index (χ1n) is 8.94. The number of hydrogen-bond donors (Lipinski definition) is 1. The Kier molecular flexibility index (Phi) is 5.51. The molecule has 1 amide bonds. The number of sulfonamides is 1. The highest BCUT2D eigenvalue weighted by molar-refractivity contribution is 7.92. The molecule has 0 saturated carbocycles. The molecule has 0 fully saturated rings. The molecule has 0 aromatic heterocycles. The molecule has 0 aliphatic carbocycles. The molecule has 0 spiro atoms. The Balaban J connectivity index is 1.72. The number of carbonyl (C=O) groups excluding carboxylic acids is 1. The predicted octanol–water partition coefficient (Wildman–Crippen LogP) is 3.67. The van der Waals surface area contributed by atoms with Gasteiger partial charge in [-0.25, -0.2) is 12.8 Å². The number of nitrogens with one attached hydrogen (secondary N) is 1. The second-order valence-electron chi connectivity index (χ2n) is 6.84. The number of hydrogen-bond acceptors (Lipinski definition) is 3. The number of benzene rings is 2. The van der Waals surface area contributed by atoms with Crippen molar-refractivity contribution < 1.29 is 17.6 Å². The van der Waals surface area contributed by atoms with Crippen molar-refractivity contribution in [1.29, 1.82) is 0 Å². The van der Waals surface area contributed by atoms with Crippen LogP contribution in [-0.4, -0.2) is 27.1 Å². The van der Waals surface area contributed by atoms with Crippen LogP contribution in [0.3, 0.4) is 0 Å². The molecule has 7 heteroatoms. The van der Waals surface area contributed by atoms with Gasteiger partial charge < -0.3 is 5.32 Å². The van der Waals surface area contributed by atoms with Crippen LogP contribution in [0.2, 0.25) is 0 Å². The summed E-state index contributed by atoms with van der Waals surface area (Å²) >= 11 is 0. The van der Waals surface area contributed by atoms with Crippen LogP contribution in [0.15, 0.2) is 42.5 Å². The molecule has 1 aliphatic heterocycles. The van der Waals surface area contributed by atoms with Crippen LogP contribution in [0.1, 0.15) is 36.8 Å². The summed E-state index contributed by atoms with van der Waals surface area (Å²) < 4.78 is 38.3. The van der Waals surface area contributed by atoms with E-state index in [9.17, 15) is 17.6 Å². The fourth-order valence-electron chi connectivity index (χ4n) is 3.44. The summed E-state index contributed by atoms with van der Waals surface area (Å²) in [5.41, 5.74) is 3.08. The van der Waals surface area contributed by atoms with E-state index in [0.717, 1.165) is 17.5 Å². The van der Waals surface area contributed by atoms with Crippen LogP contribution in [0.25, 0.3) is 0 Å². The van der Waals surface area contributed by atoms with Crippen LogP contribution in [0, 0.1) is 5.82 Å². The Labute approximate surface area is 159 Å². The predicted molar refractivity (Wildman–Crippen MR) is 105 cm³/mol. The van der Waals surface area contributed by atoms with Crippen molar-refractivity contribution in [2.45, 2.75) is 32.1 Å². The van der Waals surface area contributed by atoms with Gasteiger partial charge in [-0.2, -0.15) is 0 Å². The molecule has 5 nitrogen and oxygen atoms in total. The van der Waals surface area contributed by atoms with Gasteiger partial charge in [0.05, 0.1) is 11.9 Å². The van der Waals surface area contributed by atoms with E-state index in [1.165, 1.54) is 22.7 Å². The topological polar surface area (TPSA) is 66.5 Å². The number of amides is 1. The highest BCUT2D eigenvalue weighted by Gasteiger charge is 2.26. The van der Waals surface area contributed by atoms with Gasteiger partial charge in [-0.1, -0.05) is 25.1 Å². The van der Waals surface area contributed by atoms with Crippen LogP contribution < -0.4 is 9.62 Å². The van der Waals surface area contributed by atoms with E-state index in [2.05, 4.69) is 5.32 Å². The third-order valence-electron chi connectivity index (χ3n) is 4.89. The number of carbonyl (C=O) groups is 1. The zero-order valence-corrected chi connectivity index (χ0v) is 16.2. The van der Waals surface area contributed by atoms with Gasteiger partial charge in [0, 0.05) is 18.7 Å². The standard InChI is InChI=1S/C20H23FN2O3S/c1-3-14(15-4-7-17(21)8-5-15)12-20(24)22-18-9-6-16-10-11-23(19(16)13-18)27(2,25)26/h4-9,13-14H,3,10-12H2,1-2H3,(H,22,24). The Hall–Kier alpha value is -2.41. The second-order valence-corrected chi connectivity index (χ2v) is 8.74. The molecule has 0 radical (unpaired) electrons. The first kappa shape index (κ1) is 19.4. The largest absolute Gasteiger partial charge is 0.326 e. The first-order chi connectivity index (χ1) is 12.8. The molecule has 0 bridgehead atoms. The fraction of sp³-hybridized carbons (Fsp3) is 0.350. The van der Waals surface area contributed by atoms with Gasteiger partial charge in [-0.15, -0.1) is 0 Å². The van der Waals surface area contributed by atoms with Gasteiger partial charge in [-0.3, -0.25) is 9.10 Å². The van der Waals surface area contributed by atoms with E-state index in [4.69, 9.17) is 0 Å². The minimum Gasteiger partial charge on any atom is -0.326 e. The number of nitrogens with zero attached hydrogens (tertiary/aromatic N) is 1. The zero-order valence-electron chi connectivity index (χ0n) is 15.4. The fourth-order valence-corrected chi connectivity index (χ4v) is 4.39. The minimum atomic E-state index is -3.33. The number of halogens is 1. The summed E-state index contributed by atoms with van der Waals surface area (Å²) in [5, 5.41) is 2.86. The summed E-state index contributed by atoms with van der Waals surface area (Å²) in [7, 11) is -3.33. The molecule has 1 atom stereocenters. The molecule has 1 aliphatic rings. The molecule has 27 heavy (non-hydrogen) atoms. The molecule has 1 unspecified atom stereocenters. The molecular weight excluding hydrogens is 367 g/mol. The van der Waals surface area contributed by atoms with Crippen LogP contribution in [0.4, 0.5) is 15.8 Å². The Bertz CT molecular complexity index is 942. The SMILES string of the molecule is CCC(CC(=O)Nc1ccc2c(c1)N(S(C)(=O)=O)CC2)c1ccc(F)cc1. The van der Waals surface area contributed by atoms with Gasteiger partial charge in [0.1, 0.15) is 5.82 Å². The molecule has 2 aromatic carbocycles. The second kappa shape index (κ2) is 7.68. The lowest BCUT2D eigenvalue weighted by Crippen LogP contribution is -2.27. The normalized spacial score (nSPS) is 14.7. The number of rotatable bonds is 6. The van der Waals surface area contributed by atoms with Crippen molar-refractivity contribution >= 4 is 27.3 Å². The molecule has 2 aromatic rings. The van der Waals surface area contributed by atoms with Crippen molar-refractivity contribution in [2.75, 3.05) is 22.4 Å². The quantitative estimate of drug-likeness (QED) is 0.818. The maximum Gasteiger partial charge on any atom is 0.232 e. The summed E-state index contributed by atoms with van der Waals surface area (Å²) in [4.78, 5) is 12.5. The average molecular weight is 390 g/mol. The maximum absolute atomic E-state index is 13.1. The van der Waals surface area contributed by atoms with Gasteiger partial charge >= 0.3 is 0 Å². The number of anilines is 2. The molecule has 144 valence electrons. The smallest absolute Gasteiger partial charge is 0.232 e. The third-order valence-corrected chi connectivity index (χ3v) is 6.07. The third kappa shape index (κ3) is 4.47. The summed E-state index contributed by atoms with van der Waals surface area (Å²) in [6, 6.07) is 11.6. The van der Waals surface area contributed by atoms with E-state index in [-0.39, 0.29) is 24.1 Å². The summed E-state index contributed by atoms with van der Waals surface area (Å²) in [6.45, 7) is 2.41. The van der Waals surface area contributed by atoms with Crippen molar-refractivity contribution in [3.05, 3.63) is 59.4 Å². The van der Waals surface area contributed by atoms with E-state index < -0.39 is 10.0 Å². The lowest BCUT2D eigenvalue weighted by Gasteiger charge is -2.18.